The van der Waals surface area contributed by atoms with Crippen molar-refractivity contribution < 1.29 is 12.8 Å². The maximum absolute atomic E-state index is 13.3. The summed E-state index contributed by atoms with van der Waals surface area (Å²) in [4.78, 5) is 7.55. The van der Waals surface area contributed by atoms with E-state index in [1.165, 1.54) is 23.6 Å². The van der Waals surface area contributed by atoms with Crippen LogP contribution < -0.4 is 4.72 Å². The van der Waals surface area contributed by atoms with E-state index < -0.39 is 20.9 Å². The van der Waals surface area contributed by atoms with Crippen LogP contribution >= 0.6 is 11.3 Å². The summed E-state index contributed by atoms with van der Waals surface area (Å²) in [5.74, 6) is -0.862. The zero-order valence-electron chi connectivity index (χ0n) is 9.21. The van der Waals surface area contributed by atoms with Gasteiger partial charge in [0.1, 0.15) is 0 Å². The first-order valence-electron chi connectivity index (χ1n) is 5.07. The number of hydrogen-bond donors (Lipinski definition) is 1. The summed E-state index contributed by atoms with van der Waals surface area (Å²) in [6.45, 7) is 0.155. The van der Waals surface area contributed by atoms with E-state index in [2.05, 4.69) is 14.7 Å². The van der Waals surface area contributed by atoms with E-state index in [1.807, 2.05) is 5.38 Å². The number of aromatic nitrogens is 2. The van der Waals surface area contributed by atoms with E-state index in [4.69, 9.17) is 0 Å². The monoisotopic (exact) mass is 287 g/mol. The Bertz CT molecular complexity index is 614. The topological polar surface area (TPSA) is 72.0 Å². The number of hydrogen-bond acceptors (Lipinski definition) is 5. The molecule has 2 aromatic rings. The molecule has 2 heterocycles. The predicted octanol–water partition coefficient (Wildman–Crippen LogP) is 1.20. The second-order valence-electron chi connectivity index (χ2n) is 3.42. The van der Waals surface area contributed by atoms with Gasteiger partial charge in [-0.25, -0.2) is 27.5 Å². The molecular formula is C10H10FN3O2S2. The number of rotatable bonds is 5. The lowest BCUT2D eigenvalue weighted by Gasteiger charge is -2.05. The minimum absolute atomic E-state index is 0.155. The molecule has 0 aliphatic heterocycles. The molecule has 96 valence electrons. The van der Waals surface area contributed by atoms with E-state index in [9.17, 15) is 12.8 Å². The molecule has 2 aromatic heterocycles. The molecule has 0 spiro atoms. The maximum atomic E-state index is 13.3. The first-order valence-corrected chi connectivity index (χ1v) is 7.49. The van der Waals surface area contributed by atoms with Gasteiger partial charge in [-0.1, -0.05) is 0 Å². The Morgan fingerprint density at radius 3 is 2.89 bits per heavy atom. The standard InChI is InChI=1S/C10H10FN3O2S2/c11-9-2-1-4-12-10(9)18(15,16)14-5-3-8-6-17-7-13-8/h1-2,4,6-7,14H,3,5H2. The molecule has 0 aromatic carbocycles. The number of sulfonamides is 1. The maximum Gasteiger partial charge on any atom is 0.261 e. The van der Waals surface area contributed by atoms with Crippen LogP contribution in [0.3, 0.4) is 0 Å². The Balaban J connectivity index is 2.02. The molecule has 8 heteroatoms. The molecule has 0 saturated heterocycles. The molecule has 0 amide bonds. The van der Waals surface area contributed by atoms with Crippen molar-refractivity contribution in [1.82, 2.24) is 14.7 Å². The Hall–Kier alpha value is -1.38. The first-order chi connectivity index (χ1) is 8.59. The van der Waals surface area contributed by atoms with E-state index in [0.717, 1.165) is 11.8 Å². The van der Waals surface area contributed by atoms with Crippen LogP contribution in [0.4, 0.5) is 4.39 Å². The van der Waals surface area contributed by atoms with Crippen LogP contribution in [0.2, 0.25) is 0 Å². The lowest BCUT2D eigenvalue weighted by Crippen LogP contribution is -2.27. The largest absolute Gasteiger partial charge is 0.261 e. The molecule has 1 N–H and O–H groups in total. The third-order valence-electron chi connectivity index (χ3n) is 2.14. The van der Waals surface area contributed by atoms with Crippen molar-refractivity contribution in [2.24, 2.45) is 0 Å². The lowest BCUT2D eigenvalue weighted by molar-refractivity contribution is 0.544. The van der Waals surface area contributed by atoms with Gasteiger partial charge >= 0.3 is 0 Å². The second kappa shape index (κ2) is 5.51. The normalized spacial score (nSPS) is 11.6. The summed E-state index contributed by atoms with van der Waals surface area (Å²) in [5.41, 5.74) is 2.46. The van der Waals surface area contributed by atoms with Gasteiger partial charge in [-0.05, 0) is 12.1 Å². The van der Waals surface area contributed by atoms with Crippen molar-refractivity contribution in [3.63, 3.8) is 0 Å². The van der Waals surface area contributed by atoms with E-state index in [-0.39, 0.29) is 6.54 Å². The smallest absolute Gasteiger partial charge is 0.250 e. The van der Waals surface area contributed by atoms with Crippen LogP contribution in [-0.4, -0.2) is 24.9 Å². The molecule has 0 bridgehead atoms. The van der Waals surface area contributed by atoms with Gasteiger partial charge in [-0.2, -0.15) is 0 Å². The molecule has 0 radical (unpaired) electrons. The minimum Gasteiger partial charge on any atom is -0.250 e. The van der Waals surface area contributed by atoms with Gasteiger partial charge in [-0.3, -0.25) is 0 Å². The van der Waals surface area contributed by atoms with E-state index in [0.29, 0.717) is 6.42 Å². The van der Waals surface area contributed by atoms with E-state index >= 15 is 0 Å². The average molecular weight is 287 g/mol. The van der Waals surface area contributed by atoms with Crippen molar-refractivity contribution in [3.05, 3.63) is 40.7 Å². The number of thiazole rings is 1. The fourth-order valence-corrected chi connectivity index (χ4v) is 2.94. The molecule has 5 nitrogen and oxygen atoms in total. The average Bonchev–Trinajstić information content (AvgIpc) is 2.82. The van der Waals surface area contributed by atoms with Crippen molar-refractivity contribution in [3.8, 4) is 0 Å². The first kappa shape index (κ1) is 13.1. The Labute approximate surface area is 108 Å². The summed E-state index contributed by atoms with van der Waals surface area (Å²) in [6, 6.07) is 2.39. The minimum atomic E-state index is -3.90. The van der Waals surface area contributed by atoms with Gasteiger partial charge < -0.3 is 0 Å². The predicted molar refractivity (Wildman–Crippen MR) is 65.2 cm³/mol. The Morgan fingerprint density at radius 1 is 1.39 bits per heavy atom. The third kappa shape index (κ3) is 3.09. The van der Waals surface area contributed by atoms with Crippen LogP contribution in [0, 0.1) is 5.82 Å². The van der Waals surface area contributed by atoms with Crippen LogP contribution in [0.1, 0.15) is 5.69 Å². The van der Waals surface area contributed by atoms with Crippen LogP contribution in [0.5, 0.6) is 0 Å². The number of nitrogens with zero attached hydrogens (tertiary/aromatic N) is 2. The fraction of sp³-hybridized carbons (Fsp3) is 0.200. The molecule has 0 aliphatic carbocycles. The van der Waals surface area contributed by atoms with Crippen LogP contribution in [0.25, 0.3) is 0 Å². The van der Waals surface area contributed by atoms with Gasteiger partial charge in [0.2, 0.25) is 5.03 Å². The summed E-state index contributed by atoms with van der Waals surface area (Å²) in [5, 5.41) is 1.25. The van der Waals surface area contributed by atoms with Gasteiger partial charge in [0, 0.05) is 24.5 Å². The Morgan fingerprint density at radius 2 is 2.22 bits per heavy atom. The molecule has 2 rings (SSSR count). The third-order valence-corrected chi connectivity index (χ3v) is 4.16. The quantitative estimate of drug-likeness (QED) is 0.897. The molecule has 0 atom stereocenters. The van der Waals surface area contributed by atoms with Gasteiger partial charge in [-0.15, -0.1) is 11.3 Å². The molecular weight excluding hydrogens is 277 g/mol. The SMILES string of the molecule is O=S(=O)(NCCc1cscn1)c1ncccc1F. The number of halogens is 1. The highest BCUT2D eigenvalue weighted by Crippen LogP contribution is 2.09. The summed E-state index contributed by atoms with van der Waals surface area (Å²) < 4.78 is 39.1. The summed E-state index contributed by atoms with van der Waals surface area (Å²) in [7, 11) is -3.90. The molecule has 0 aliphatic rings. The van der Waals surface area contributed by atoms with Crippen LogP contribution in [-0.2, 0) is 16.4 Å². The highest BCUT2D eigenvalue weighted by molar-refractivity contribution is 7.89. The highest BCUT2D eigenvalue weighted by Gasteiger charge is 2.19. The van der Waals surface area contributed by atoms with Gasteiger partial charge in [0.25, 0.3) is 10.0 Å². The summed E-state index contributed by atoms with van der Waals surface area (Å²) >= 11 is 1.44. The number of pyridine rings is 1. The van der Waals surface area contributed by atoms with Gasteiger partial charge in [0.15, 0.2) is 5.82 Å². The molecule has 0 fully saturated rings. The zero-order valence-corrected chi connectivity index (χ0v) is 10.8. The second-order valence-corrected chi connectivity index (χ2v) is 5.82. The highest BCUT2D eigenvalue weighted by atomic mass is 32.2. The van der Waals surface area contributed by atoms with Gasteiger partial charge in [0.05, 0.1) is 11.2 Å². The zero-order chi connectivity index (χ0) is 13.0. The Kier molecular flexibility index (Phi) is 4.00. The molecule has 18 heavy (non-hydrogen) atoms. The van der Waals surface area contributed by atoms with Crippen molar-refractivity contribution >= 4 is 21.4 Å². The molecule has 0 unspecified atom stereocenters. The van der Waals surface area contributed by atoms with Crippen molar-refractivity contribution in [2.75, 3.05) is 6.54 Å². The summed E-state index contributed by atoms with van der Waals surface area (Å²) in [6.07, 6.45) is 1.69. The van der Waals surface area contributed by atoms with Crippen molar-refractivity contribution in [2.45, 2.75) is 11.4 Å². The van der Waals surface area contributed by atoms with Crippen LogP contribution in [0.15, 0.2) is 34.2 Å². The fourth-order valence-electron chi connectivity index (χ4n) is 1.31. The van der Waals surface area contributed by atoms with Crippen molar-refractivity contribution in [1.29, 1.82) is 0 Å². The van der Waals surface area contributed by atoms with E-state index in [1.54, 1.807) is 5.51 Å². The lowest BCUT2D eigenvalue weighted by atomic mass is 10.3. The molecule has 0 saturated carbocycles. The number of nitrogens with one attached hydrogen (secondary N) is 1.